The molecule has 0 amide bonds. The minimum Gasteiger partial charge on any atom is -0.390 e. The van der Waals surface area contributed by atoms with Crippen molar-refractivity contribution in [1.29, 1.82) is 0 Å². The average molecular weight is 359 g/mol. The van der Waals surface area contributed by atoms with Crippen molar-refractivity contribution in [2.75, 3.05) is 18.4 Å². The molecule has 5 nitrogen and oxygen atoms in total. The van der Waals surface area contributed by atoms with E-state index in [0.717, 1.165) is 25.4 Å². The molecule has 0 aromatic carbocycles. The standard InChI is InChI=1S/C19H26N4OS/c24-17-13-23(11-8-16(17)22-19-20-9-3-10-21-19)12-15-6-7-18(25-15)14-4-1-2-5-14/h3,6-7,9-10,14,16-17,24H,1-2,4-5,8,11-13H2,(H,20,21,22)/t16-,17-/m1/s1. The molecule has 0 bridgehead atoms. The summed E-state index contributed by atoms with van der Waals surface area (Å²) in [6.07, 6.45) is 9.43. The lowest BCUT2D eigenvalue weighted by Gasteiger charge is -2.36. The van der Waals surface area contributed by atoms with Crippen molar-refractivity contribution in [2.24, 2.45) is 0 Å². The van der Waals surface area contributed by atoms with E-state index in [1.165, 1.54) is 30.6 Å². The highest BCUT2D eigenvalue weighted by atomic mass is 32.1. The van der Waals surface area contributed by atoms with Crippen LogP contribution in [0.5, 0.6) is 0 Å². The largest absolute Gasteiger partial charge is 0.390 e. The summed E-state index contributed by atoms with van der Waals surface area (Å²) in [6.45, 7) is 2.63. The van der Waals surface area contributed by atoms with Crippen molar-refractivity contribution >= 4 is 17.3 Å². The molecule has 4 rings (SSSR count). The summed E-state index contributed by atoms with van der Waals surface area (Å²) >= 11 is 1.97. The maximum atomic E-state index is 10.5. The first kappa shape index (κ1) is 16.9. The molecule has 2 atom stereocenters. The van der Waals surface area contributed by atoms with E-state index in [4.69, 9.17) is 0 Å². The first-order valence-corrected chi connectivity index (χ1v) is 10.1. The van der Waals surface area contributed by atoms with Crippen molar-refractivity contribution in [2.45, 2.75) is 56.7 Å². The summed E-state index contributed by atoms with van der Waals surface area (Å²) in [5.74, 6) is 1.39. The van der Waals surface area contributed by atoms with Crippen molar-refractivity contribution < 1.29 is 5.11 Å². The van der Waals surface area contributed by atoms with Gasteiger partial charge in [0.25, 0.3) is 0 Å². The molecule has 0 radical (unpaired) electrons. The number of hydrogen-bond donors (Lipinski definition) is 2. The van der Waals surface area contributed by atoms with E-state index >= 15 is 0 Å². The molecule has 25 heavy (non-hydrogen) atoms. The lowest BCUT2D eigenvalue weighted by molar-refractivity contribution is 0.0564. The lowest BCUT2D eigenvalue weighted by Crippen LogP contribution is -2.49. The number of aromatic nitrogens is 2. The molecule has 2 aromatic heterocycles. The van der Waals surface area contributed by atoms with Crippen LogP contribution in [-0.4, -0.2) is 45.2 Å². The summed E-state index contributed by atoms with van der Waals surface area (Å²) in [6, 6.07) is 6.43. The Morgan fingerprint density at radius 2 is 1.96 bits per heavy atom. The van der Waals surface area contributed by atoms with E-state index in [1.807, 2.05) is 11.3 Å². The number of rotatable bonds is 5. The molecule has 134 valence electrons. The number of anilines is 1. The SMILES string of the molecule is O[C@@H]1CN(Cc2ccc(C3CCCC3)s2)CC[C@H]1Nc1ncccn1. The predicted octanol–water partition coefficient (Wildman–Crippen LogP) is 3.24. The van der Waals surface area contributed by atoms with E-state index < -0.39 is 6.10 Å². The molecule has 1 saturated carbocycles. The Balaban J connectivity index is 1.30. The molecule has 2 N–H and O–H groups in total. The second kappa shape index (κ2) is 7.81. The molecule has 1 aliphatic heterocycles. The van der Waals surface area contributed by atoms with Gasteiger partial charge >= 0.3 is 0 Å². The van der Waals surface area contributed by atoms with Gasteiger partial charge in [-0.1, -0.05) is 12.8 Å². The quantitative estimate of drug-likeness (QED) is 0.859. The van der Waals surface area contributed by atoms with Crippen molar-refractivity contribution in [3.05, 3.63) is 40.3 Å². The first-order chi connectivity index (χ1) is 12.3. The Hall–Kier alpha value is -1.50. The van der Waals surface area contributed by atoms with Crippen LogP contribution in [0.15, 0.2) is 30.6 Å². The van der Waals surface area contributed by atoms with Crippen LogP contribution < -0.4 is 5.32 Å². The van der Waals surface area contributed by atoms with Crippen molar-refractivity contribution in [3.8, 4) is 0 Å². The Labute approximate surface area is 153 Å². The number of hydrogen-bond acceptors (Lipinski definition) is 6. The van der Waals surface area contributed by atoms with Gasteiger partial charge in [-0.3, -0.25) is 4.90 Å². The number of aliphatic hydroxyl groups excluding tert-OH is 1. The van der Waals surface area contributed by atoms with E-state index in [9.17, 15) is 5.11 Å². The van der Waals surface area contributed by atoms with Gasteiger partial charge in [0, 0.05) is 41.8 Å². The van der Waals surface area contributed by atoms with Crippen LogP contribution in [0.2, 0.25) is 0 Å². The second-order valence-corrected chi connectivity index (χ2v) is 8.40. The fraction of sp³-hybridized carbons (Fsp3) is 0.579. The Morgan fingerprint density at radius 3 is 2.72 bits per heavy atom. The summed E-state index contributed by atoms with van der Waals surface area (Å²) in [5.41, 5.74) is 0. The fourth-order valence-electron chi connectivity index (χ4n) is 3.98. The molecule has 2 aliphatic rings. The molecule has 0 spiro atoms. The normalized spacial score (nSPS) is 25.3. The van der Waals surface area contributed by atoms with Crippen molar-refractivity contribution in [3.63, 3.8) is 0 Å². The highest BCUT2D eigenvalue weighted by Gasteiger charge is 2.28. The van der Waals surface area contributed by atoms with Gasteiger partial charge in [-0.15, -0.1) is 11.3 Å². The van der Waals surface area contributed by atoms with E-state index in [2.05, 4.69) is 32.3 Å². The third-order valence-electron chi connectivity index (χ3n) is 5.37. The van der Waals surface area contributed by atoms with Gasteiger partial charge in [-0.25, -0.2) is 9.97 Å². The van der Waals surface area contributed by atoms with E-state index in [0.29, 0.717) is 12.5 Å². The third-order valence-corrected chi connectivity index (χ3v) is 6.60. The summed E-state index contributed by atoms with van der Waals surface area (Å²) in [5, 5.41) is 13.8. The molecule has 1 saturated heterocycles. The van der Waals surface area contributed by atoms with Crippen LogP contribution in [0.25, 0.3) is 0 Å². The number of nitrogens with zero attached hydrogens (tertiary/aromatic N) is 3. The zero-order valence-electron chi connectivity index (χ0n) is 14.5. The molecule has 3 heterocycles. The van der Waals surface area contributed by atoms with Crippen LogP contribution in [0, 0.1) is 0 Å². The molecule has 2 aromatic rings. The number of β-amino-alcohol motifs (C(OH)–C–C–N with tert-alkyl or cyclic N) is 1. The van der Waals surface area contributed by atoms with Gasteiger partial charge in [0.1, 0.15) is 0 Å². The van der Waals surface area contributed by atoms with Gasteiger partial charge in [-0.05, 0) is 43.4 Å². The number of piperidine rings is 1. The number of nitrogens with one attached hydrogen (secondary N) is 1. The maximum absolute atomic E-state index is 10.5. The highest BCUT2D eigenvalue weighted by molar-refractivity contribution is 7.12. The molecular weight excluding hydrogens is 332 g/mol. The summed E-state index contributed by atoms with van der Waals surface area (Å²) in [7, 11) is 0. The summed E-state index contributed by atoms with van der Waals surface area (Å²) in [4.78, 5) is 13.7. The highest BCUT2D eigenvalue weighted by Crippen LogP contribution is 2.37. The smallest absolute Gasteiger partial charge is 0.222 e. The predicted molar refractivity (Wildman–Crippen MR) is 101 cm³/mol. The second-order valence-electron chi connectivity index (χ2n) is 7.20. The van der Waals surface area contributed by atoms with Gasteiger partial charge < -0.3 is 10.4 Å². The van der Waals surface area contributed by atoms with E-state index in [1.54, 1.807) is 23.3 Å². The van der Waals surface area contributed by atoms with Gasteiger partial charge in [0.15, 0.2) is 0 Å². The van der Waals surface area contributed by atoms with Gasteiger partial charge in [0.05, 0.1) is 12.1 Å². The molecule has 6 heteroatoms. The lowest BCUT2D eigenvalue weighted by atomic mass is 10.0. The molecule has 0 unspecified atom stereocenters. The minimum absolute atomic E-state index is 0.0241. The van der Waals surface area contributed by atoms with Crippen LogP contribution in [0.1, 0.15) is 47.8 Å². The van der Waals surface area contributed by atoms with E-state index in [-0.39, 0.29) is 6.04 Å². The number of thiophene rings is 1. The number of likely N-dealkylation sites (tertiary alicyclic amines) is 1. The zero-order valence-corrected chi connectivity index (χ0v) is 15.3. The maximum Gasteiger partial charge on any atom is 0.222 e. The first-order valence-electron chi connectivity index (χ1n) is 9.30. The summed E-state index contributed by atoms with van der Waals surface area (Å²) < 4.78 is 0. The Morgan fingerprint density at radius 1 is 1.16 bits per heavy atom. The van der Waals surface area contributed by atoms with Crippen molar-refractivity contribution in [1.82, 2.24) is 14.9 Å². The van der Waals surface area contributed by atoms with Gasteiger partial charge in [-0.2, -0.15) is 0 Å². The topological polar surface area (TPSA) is 61.3 Å². The van der Waals surface area contributed by atoms with Crippen LogP contribution in [0.4, 0.5) is 5.95 Å². The monoisotopic (exact) mass is 358 g/mol. The fourth-order valence-corrected chi connectivity index (χ4v) is 5.20. The zero-order chi connectivity index (χ0) is 17.1. The van der Waals surface area contributed by atoms with Crippen LogP contribution in [0.3, 0.4) is 0 Å². The molecule has 2 fully saturated rings. The Bertz CT molecular complexity index is 671. The van der Waals surface area contributed by atoms with Gasteiger partial charge in [0.2, 0.25) is 5.95 Å². The van der Waals surface area contributed by atoms with Crippen LogP contribution in [-0.2, 0) is 6.54 Å². The third kappa shape index (κ3) is 4.19. The molecule has 1 aliphatic carbocycles. The number of aliphatic hydroxyl groups is 1. The average Bonchev–Trinajstić information content (AvgIpc) is 3.30. The molecular formula is C19H26N4OS. The van der Waals surface area contributed by atoms with Crippen LogP contribution >= 0.6 is 11.3 Å². The minimum atomic E-state index is -0.396. The Kier molecular flexibility index (Phi) is 5.29.